The summed E-state index contributed by atoms with van der Waals surface area (Å²) in [5.74, 6) is 0.442. The standard InChI is InChI=1S/C34H34N4/c1-33(2,3)22-13-17-29-25(19-22)26-20-23(34(4,5)6)14-18-30(26)38(29)24-15-11-21(12-16-24)31-32(35)37-28-10-8-7-9-27(28)36-31/h7-20H,1-6H3,(H2,35,37). The lowest BCUT2D eigenvalue weighted by atomic mass is 9.85. The summed E-state index contributed by atoms with van der Waals surface area (Å²) in [4.78, 5) is 9.38. The van der Waals surface area contributed by atoms with Crippen LogP contribution in [0.1, 0.15) is 52.7 Å². The van der Waals surface area contributed by atoms with Gasteiger partial charge in [0.05, 0.1) is 22.1 Å². The van der Waals surface area contributed by atoms with Crippen LogP contribution >= 0.6 is 0 Å². The summed E-state index contributed by atoms with van der Waals surface area (Å²) >= 11 is 0. The van der Waals surface area contributed by atoms with E-state index in [0.717, 1.165) is 22.3 Å². The fraction of sp³-hybridized carbons (Fsp3) is 0.235. The number of para-hydroxylation sites is 2. The summed E-state index contributed by atoms with van der Waals surface area (Å²) in [5.41, 5.74) is 16.0. The molecule has 0 aliphatic rings. The Labute approximate surface area is 224 Å². The maximum Gasteiger partial charge on any atom is 0.150 e. The van der Waals surface area contributed by atoms with Gasteiger partial charge in [-0.3, -0.25) is 0 Å². The number of nitrogen functional groups attached to an aromatic ring is 1. The summed E-state index contributed by atoms with van der Waals surface area (Å²) < 4.78 is 2.36. The maximum atomic E-state index is 6.32. The highest BCUT2D eigenvalue weighted by Gasteiger charge is 2.21. The van der Waals surface area contributed by atoms with E-state index >= 15 is 0 Å². The van der Waals surface area contributed by atoms with Crippen molar-refractivity contribution in [2.75, 3.05) is 5.73 Å². The van der Waals surface area contributed by atoms with Gasteiger partial charge in [0.15, 0.2) is 5.82 Å². The van der Waals surface area contributed by atoms with Crippen LogP contribution in [-0.2, 0) is 10.8 Å². The molecule has 0 saturated carbocycles. The van der Waals surface area contributed by atoms with Gasteiger partial charge in [0.2, 0.25) is 0 Å². The summed E-state index contributed by atoms with van der Waals surface area (Å²) in [5, 5.41) is 2.57. The molecule has 2 aromatic heterocycles. The minimum Gasteiger partial charge on any atom is -0.382 e. The molecule has 0 aliphatic heterocycles. The summed E-state index contributed by atoms with van der Waals surface area (Å²) in [6, 6.07) is 30.1. The Bertz CT molecular complexity index is 1760. The maximum absolute atomic E-state index is 6.32. The molecule has 0 radical (unpaired) electrons. The van der Waals surface area contributed by atoms with Gasteiger partial charge in [-0.1, -0.05) is 77.9 Å². The van der Waals surface area contributed by atoms with Crippen LogP contribution in [0.15, 0.2) is 84.9 Å². The molecule has 190 valence electrons. The SMILES string of the molecule is CC(C)(C)c1ccc2c(c1)c1cc(C(C)(C)C)ccc1n2-c1ccc(-c2nc3ccccc3nc2N)cc1. The second-order valence-corrected chi connectivity index (χ2v) is 12.3. The third-order valence-corrected chi connectivity index (χ3v) is 7.49. The molecule has 2 N–H and O–H groups in total. The van der Waals surface area contributed by atoms with E-state index in [-0.39, 0.29) is 10.8 Å². The van der Waals surface area contributed by atoms with Crippen LogP contribution in [0.2, 0.25) is 0 Å². The minimum atomic E-state index is 0.0761. The smallest absolute Gasteiger partial charge is 0.150 e. The molecule has 6 aromatic rings. The molecular formula is C34H34N4. The van der Waals surface area contributed by atoms with E-state index in [1.807, 2.05) is 24.3 Å². The van der Waals surface area contributed by atoms with Crippen LogP contribution in [0, 0.1) is 0 Å². The van der Waals surface area contributed by atoms with Gasteiger partial charge in [-0.05, 0) is 70.5 Å². The number of nitrogens with two attached hydrogens (primary N) is 1. The van der Waals surface area contributed by atoms with E-state index in [4.69, 9.17) is 10.7 Å². The minimum absolute atomic E-state index is 0.0761. The Kier molecular flexibility index (Phi) is 5.36. The molecule has 2 heterocycles. The van der Waals surface area contributed by atoms with Gasteiger partial charge >= 0.3 is 0 Å². The molecule has 0 atom stereocenters. The Morgan fingerprint density at radius 2 is 1.11 bits per heavy atom. The Morgan fingerprint density at radius 1 is 0.605 bits per heavy atom. The van der Waals surface area contributed by atoms with E-state index in [1.165, 1.54) is 32.9 Å². The summed E-state index contributed by atoms with van der Waals surface area (Å²) in [7, 11) is 0. The Hall–Kier alpha value is -4.18. The lowest BCUT2D eigenvalue weighted by Gasteiger charge is -2.19. The highest BCUT2D eigenvalue weighted by molar-refractivity contribution is 6.10. The van der Waals surface area contributed by atoms with E-state index in [0.29, 0.717) is 11.5 Å². The molecule has 0 amide bonds. The number of hydrogen-bond acceptors (Lipinski definition) is 3. The third-order valence-electron chi connectivity index (χ3n) is 7.49. The zero-order valence-electron chi connectivity index (χ0n) is 23.0. The van der Waals surface area contributed by atoms with Crippen molar-refractivity contribution in [3.05, 3.63) is 96.1 Å². The number of rotatable bonds is 2. The molecule has 0 fully saturated rings. The van der Waals surface area contributed by atoms with E-state index in [2.05, 4.69) is 112 Å². The molecule has 38 heavy (non-hydrogen) atoms. The highest BCUT2D eigenvalue weighted by atomic mass is 15.0. The second-order valence-electron chi connectivity index (χ2n) is 12.3. The average molecular weight is 499 g/mol. The van der Waals surface area contributed by atoms with E-state index in [1.54, 1.807) is 0 Å². The first-order valence-electron chi connectivity index (χ1n) is 13.2. The third kappa shape index (κ3) is 4.01. The molecule has 4 aromatic carbocycles. The van der Waals surface area contributed by atoms with Crippen LogP contribution in [0.5, 0.6) is 0 Å². The number of fused-ring (bicyclic) bond motifs is 4. The van der Waals surface area contributed by atoms with Crippen molar-refractivity contribution in [2.24, 2.45) is 0 Å². The largest absolute Gasteiger partial charge is 0.382 e. The predicted molar refractivity (Wildman–Crippen MR) is 161 cm³/mol. The number of hydrogen-bond donors (Lipinski definition) is 1. The van der Waals surface area contributed by atoms with Crippen LogP contribution in [0.25, 0.3) is 49.8 Å². The molecule has 0 bridgehead atoms. The van der Waals surface area contributed by atoms with Gasteiger partial charge in [-0.2, -0.15) is 0 Å². The number of nitrogens with zero attached hydrogens (tertiary/aromatic N) is 3. The molecule has 0 unspecified atom stereocenters. The molecule has 0 spiro atoms. The number of aromatic nitrogens is 3. The van der Waals surface area contributed by atoms with Gasteiger partial charge < -0.3 is 10.3 Å². The van der Waals surface area contributed by atoms with E-state index in [9.17, 15) is 0 Å². The van der Waals surface area contributed by atoms with Crippen LogP contribution in [0.3, 0.4) is 0 Å². The summed E-state index contributed by atoms with van der Waals surface area (Å²) in [6.07, 6.45) is 0. The first-order valence-corrected chi connectivity index (χ1v) is 13.2. The Morgan fingerprint density at radius 3 is 1.61 bits per heavy atom. The van der Waals surface area contributed by atoms with Crippen molar-refractivity contribution in [3.63, 3.8) is 0 Å². The van der Waals surface area contributed by atoms with Crippen molar-refractivity contribution < 1.29 is 0 Å². The molecule has 6 rings (SSSR count). The first kappa shape index (κ1) is 24.2. The van der Waals surface area contributed by atoms with Crippen molar-refractivity contribution >= 4 is 38.7 Å². The van der Waals surface area contributed by atoms with Crippen molar-refractivity contribution in [2.45, 2.75) is 52.4 Å². The Balaban J connectivity index is 1.54. The van der Waals surface area contributed by atoms with Crippen molar-refractivity contribution in [1.82, 2.24) is 14.5 Å². The zero-order valence-corrected chi connectivity index (χ0v) is 23.0. The average Bonchev–Trinajstić information content (AvgIpc) is 3.20. The second kappa shape index (κ2) is 8.42. The molecule has 0 aliphatic carbocycles. The monoisotopic (exact) mass is 498 g/mol. The lowest BCUT2D eigenvalue weighted by Crippen LogP contribution is -2.10. The quantitative estimate of drug-likeness (QED) is 0.260. The normalized spacial score (nSPS) is 12.6. The van der Waals surface area contributed by atoms with Gasteiger partial charge in [0, 0.05) is 22.0 Å². The zero-order chi connectivity index (χ0) is 26.8. The fourth-order valence-electron chi connectivity index (χ4n) is 5.23. The fourth-order valence-corrected chi connectivity index (χ4v) is 5.23. The van der Waals surface area contributed by atoms with Crippen LogP contribution in [-0.4, -0.2) is 14.5 Å². The summed E-state index contributed by atoms with van der Waals surface area (Å²) in [6.45, 7) is 13.6. The van der Waals surface area contributed by atoms with Crippen molar-refractivity contribution in [1.29, 1.82) is 0 Å². The van der Waals surface area contributed by atoms with E-state index < -0.39 is 0 Å². The lowest BCUT2D eigenvalue weighted by molar-refractivity contribution is 0.590. The number of benzene rings is 4. The molecule has 4 heteroatoms. The van der Waals surface area contributed by atoms with Crippen LogP contribution in [0.4, 0.5) is 5.82 Å². The topological polar surface area (TPSA) is 56.7 Å². The van der Waals surface area contributed by atoms with Gasteiger partial charge in [-0.15, -0.1) is 0 Å². The first-order chi connectivity index (χ1) is 18.0. The van der Waals surface area contributed by atoms with Gasteiger partial charge in [-0.25, -0.2) is 9.97 Å². The number of anilines is 1. The molecule has 4 nitrogen and oxygen atoms in total. The molecular weight excluding hydrogens is 464 g/mol. The van der Waals surface area contributed by atoms with Crippen molar-refractivity contribution in [3.8, 4) is 16.9 Å². The molecule has 0 saturated heterocycles. The predicted octanol–water partition coefficient (Wildman–Crippen LogP) is 8.57. The van der Waals surface area contributed by atoms with Gasteiger partial charge in [0.25, 0.3) is 0 Å². The van der Waals surface area contributed by atoms with Crippen LogP contribution < -0.4 is 5.73 Å². The highest BCUT2D eigenvalue weighted by Crippen LogP contribution is 2.38. The van der Waals surface area contributed by atoms with Gasteiger partial charge in [0.1, 0.15) is 5.69 Å².